The summed E-state index contributed by atoms with van der Waals surface area (Å²) >= 11 is 0. The predicted octanol–water partition coefficient (Wildman–Crippen LogP) is 2.88. The smallest absolute Gasteiger partial charge is 0.235 e. The molecule has 0 unspecified atom stereocenters. The summed E-state index contributed by atoms with van der Waals surface area (Å²) in [4.78, 5) is 12.5. The van der Waals surface area contributed by atoms with E-state index in [1.54, 1.807) is 24.3 Å². The maximum atomic E-state index is 12.5. The molecule has 152 valence electrons. The molecule has 0 aliphatic carbocycles. The van der Waals surface area contributed by atoms with Crippen molar-refractivity contribution in [1.82, 2.24) is 9.78 Å². The van der Waals surface area contributed by atoms with Gasteiger partial charge < -0.3 is 5.32 Å². The molecule has 0 bridgehead atoms. The average molecular weight is 405 g/mol. The summed E-state index contributed by atoms with van der Waals surface area (Å²) in [5, 5.41) is 7.44. The Hall–Kier alpha value is -2.35. The zero-order valence-corrected chi connectivity index (χ0v) is 17.7. The van der Waals surface area contributed by atoms with Gasteiger partial charge in [0, 0.05) is 30.0 Å². The molecule has 0 radical (unpaired) electrons. The second-order valence-electron chi connectivity index (χ2n) is 7.74. The first kappa shape index (κ1) is 20.4. The lowest BCUT2D eigenvalue weighted by molar-refractivity contribution is -0.115. The molecule has 0 saturated carbocycles. The third kappa shape index (κ3) is 4.38. The van der Waals surface area contributed by atoms with Crippen LogP contribution in [0.3, 0.4) is 0 Å². The van der Waals surface area contributed by atoms with Crippen molar-refractivity contribution in [2.24, 2.45) is 5.92 Å². The normalized spacial score (nSPS) is 16.0. The molecule has 0 atom stereocenters. The van der Waals surface area contributed by atoms with Gasteiger partial charge >= 0.3 is 0 Å². The number of rotatable bonds is 6. The minimum Gasteiger partial charge on any atom is -0.326 e. The van der Waals surface area contributed by atoms with Gasteiger partial charge in [0.2, 0.25) is 15.9 Å². The number of hydrogen-bond donors (Lipinski definition) is 1. The number of sulfonamides is 1. The van der Waals surface area contributed by atoms with E-state index in [0.29, 0.717) is 30.3 Å². The third-order valence-electron chi connectivity index (χ3n) is 4.95. The lowest BCUT2D eigenvalue weighted by Crippen LogP contribution is -2.25. The number of anilines is 2. The number of aromatic nitrogens is 2. The molecule has 1 amide bonds. The summed E-state index contributed by atoms with van der Waals surface area (Å²) in [5.74, 6) is 0.559. The molecule has 3 rings (SSSR count). The standard InChI is InChI=1S/C20H28N4O3S/c1-14(2)13-23-16(4)19(15(3)22-23)12-20(25)21-17-6-8-18(9-7-17)24-10-5-11-28(24,26)27/h6-9,14H,5,10-13H2,1-4H3,(H,21,25). The summed E-state index contributed by atoms with van der Waals surface area (Å²) in [7, 11) is -3.20. The highest BCUT2D eigenvalue weighted by atomic mass is 32.2. The number of benzene rings is 1. The Morgan fingerprint density at radius 3 is 2.46 bits per heavy atom. The van der Waals surface area contributed by atoms with Gasteiger partial charge in [0.15, 0.2) is 0 Å². The minimum atomic E-state index is -3.20. The van der Waals surface area contributed by atoms with Gasteiger partial charge in [-0.05, 0) is 50.5 Å². The first-order chi connectivity index (χ1) is 13.2. The highest BCUT2D eigenvalue weighted by molar-refractivity contribution is 7.93. The number of amides is 1. The molecule has 0 spiro atoms. The molecular formula is C20H28N4O3S. The van der Waals surface area contributed by atoms with Crippen LogP contribution in [0.2, 0.25) is 0 Å². The zero-order chi connectivity index (χ0) is 20.5. The van der Waals surface area contributed by atoms with Crippen LogP contribution in [0.25, 0.3) is 0 Å². The molecule has 28 heavy (non-hydrogen) atoms. The molecule has 1 aliphatic rings. The maximum absolute atomic E-state index is 12.5. The number of hydrogen-bond acceptors (Lipinski definition) is 4. The maximum Gasteiger partial charge on any atom is 0.235 e. The fraction of sp³-hybridized carbons (Fsp3) is 0.500. The highest BCUT2D eigenvalue weighted by Crippen LogP contribution is 2.25. The molecule has 1 aromatic heterocycles. The van der Waals surface area contributed by atoms with Crippen LogP contribution in [-0.4, -0.2) is 36.4 Å². The molecule has 2 heterocycles. The van der Waals surface area contributed by atoms with Gasteiger partial charge in [0.05, 0.1) is 23.6 Å². The largest absolute Gasteiger partial charge is 0.326 e. The third-order valence-corrected chi connectivity index (χ3v) is 6.81. The van der Waals surface area contributed by atoms with E-state index in [4.69, 9.17) is 0 Å². The Balaban J connectivity index is 1.66. The number of nitrogens with zero attached hydrogens (tertiary/aromatic N) is 3. The summed E-state index contributed by atoms with van der Waals surface area (Å²) in [6.07, 6.45) is 0.905. The van der Waals surface area contributed by atoms with Gasteiger partial charge in [-0.15, -0.1) is 0 Å². The minimum absolute atomic E-state index is 0.114. The van der Waals surface area contributed by atoms with Crippen LogP contribution in [0, 0.1) is 19.8 Å². The van der Waals surface area contributed by atoms with Crippen LogP contribution in [0.15, 0.2) is 24.3 Å². The van der Waals surface area contributed by atoms with E-state index < -0.39 is 10.0 Å². The van der Waals surface area contributed by atoms with Crippen molar-refractivity contribution in [2.45, 2.75) is 47.1 Å². The van der Waals surface area contributed by atoms with Crippen molar-refractivity contribution in [1.29, 1.82) is 0 Å². The lowest BCUT2D eigenvalue weighted by Gasteiger charge is -2.17. The molecule has 1 saturated heterocycles. The second kappa shape index (κ2) is 7.95. The molecule has 1 fully saturated rings. The van der Waals surface area contributed by atoms with Crippen molar-refractivity contribution in [3.8, 4) is 0 Å². The molecule has 2 aromatic rings. The van der Waals surface area contributed by atoms with E-state index in [9.17, 15) is 13.2 Å². The Morgan fingerprint density at radius 2 is 1.89 bits per heavy atom. The van der Waals surface area contributed by atoms with Crippen molar-refractivity contribution < 1.29 is 13.2 Å². The number of nitrogens with one attached hydrogen (secondary N) is 1. The van der Waals surface area contributed by atoms with E-state index >= 15 is 0 Å². The van der Waals surface area contributed by atoms with Gasteiger partial charge in [-0.25, -0.2) is 8.42 Å². The SMILES string of the molecule is Cc1nn(CC(C)C)c(C)c1CC(=O)Nc1ccc(N2CCCS2(=O)=O)cc1. The van der Waals surface area contributed by atoms with E-state index in [1.165, 1.54) is 4.31 Å². The molecule has 7 nitrogen and oxygen atoms in total. The van der Waals surface area contributed by atoms with Crippen LogP contribution in [0.5, 0.6) is 0 Å². The Kier molecular flexibility index (Phi) is 5.79. The topological polar surface area (TPSA) is 84.3 Å². The number of aryl methyl sites for hydroxylation is 1. The summed E-state index contributed by atoms with van der Waals surface area (Å²) in [5.41, 5.74) is 4.14. The molecule has 8 heteroatoms. The van der Waals surface area contributed by atoms with E-state index in [-0.39, 0.29) is 18.1 Å². The van der Waals surface area contributed by atoms with Gasteiger partial charge in [-0.2, -0.15) is 5.10 Å². The van der Waals surface area contributed by atoms with Crippen LogP contribution >= 0.6 is 0 Å². The Bertz CT molecular complexity index is 962. The van der Waals surface area contributed by atoms with E-state index in [1.807, 2.05) is 18.5 Å². The number of carbonyl (C=O) groups excluding carboxylic acids is 1. The predicted molar refractivity (Wildman–Crippen MR) is 111 cm³/mol. The zero-order valence-electron chi connectivity index (χ0n) is 16.9. The van der Waals surface area contributed by atoms with E-state index in [0.717, 1.165) is 23.5 Å². The van der Waals surface area contributed by atoms with Crippen molar-refractivity contribution in [3.05, 3.63) is 41.2 Å². The lowest BCUT2D eigenvalue weighted by atomic mass is 10.1. The second-order valence-corrected chi connectivity index (χ2v) is 9.75. The monoisotopic (exact) mass is 404 g/mol. The van der Waals surface area contributed by atoms with Gasteiger partial charge in [0.25, 0.3) is 0 Å². The summed E-state index contributed by atoms with van der Waals surface area (Å²) in [6.45, 7) is 9.54. The quantitative estimate of drug-likeness (QED) is 0.802. The first-order valence-electron chi connectivity index (χ1n) is 9.60. The van der Waals surface area contributed by atoms with E-state index in [2.05, 4.69) is 24.3 Å². The van der Waals surface area contributed by atoms with Crippen molar-refractivity contribution in [2.75, 3.05) is 21.9 Å². The Morgan fingerprint density at radius 1 is 1.21 bits per heavy atom. The van der Waals surface area contributed by atoms with Gasteiger partial charge in [-0.1, -0.05) is 13.8 Å². The van der Waals surface area contributed by atoms with Crippen molar-refractivity contribution >= 4 is 27.3 Å². The molecule has 1 aromatic carbocycles. The van der Waals surface area contributed by atoms with Crippen LogP contribution < -0.4 is 9.62 Å². The highest BCUT2D eigenvalue weighted by Gasteiger charge is 2.28. The summed E-state index contributed by atoms with van der Waals surface area (Å²) < 4.78 is 27.4. The van der Waals surface area contributed by atoms with Crippen LogP contribution in [-0.2, 0) is 27.8 Å². The Labute approximate surface area is 166 Å². The van der Waals surface area contributed by atoms with Crippen LogP contribution in [0.4, 0.5) is 11.4 Å². The number of carbonyl (C=O) groups is 1. The average Bonchev–Trinajstić information content (AvgIpc) is 3.09. The van der Waals surface area contributed by atoms with Gasteiger partial charge in [0.1, 0.15) is 0 Å². The molecular weight excluding hydrogens is 376 g/mol. The summed E-state index contributed by atoms with van der Waals surface area (Å²) in [6, 6.07) is 6.94. The fourth-order valence-corrected chi connectivity index (χ4v) is 5.08. The fourth-order valence-electron chi connectivity index (χ4n) is 3.52. The van der Waals surface area contributed by atoms with Crippen molar-refractivity contribution in [3.63, 3.8) is 0 Å². The molecule has 1 N–H and O–H groups in total. The van der Waals surface area contributed by atoms with Gasteiger partial charge in [-0.3, -0.25) is 13.8 Å². The first-order valence-corrected chi connectivity index (χ1v) is 11.2. The van der Waals surface area contributed by atoms with Crippen LogP contribution in [0.1, 0.15) is 37.2 Å². The molecule has 1 aliphatic heterocycles.